The zero-order valence-corrected chi connectivity index (χ0v) is 11.4. The zero-order valence-electron chi connectivity index (χ0n) is 10.6. The lowest BCUT2D eigenvalue weighted by atomic mass is 10.1. The van der Waals surface area contributed by atoms with Crippen LogP contribution in [0.1, 0.15) is 18.3 Å². The van der Waals surface area contributed by atoms with Gasteiger partial charge < -0.3 is 4.98 Å². The van der Waals surface area contributed by atoms with Crippen molar-refractivity contribution in [3.05, 3.63) is 52.1 Å². The lowest BCUT2D eigenvalue weighted by Crippen LogP contribution is -2.15. The third kappa shape index (κ3) is 2.82. The van der Waals surface area contributed by atoms with Gasteiger partial charge in [0.2, 0.25) is 0 Å². The number of aromatic nitrogens is 2. The molecule has 2 rings (SSSR count). The predicted molar refractivity (Wildman–Crippen MR) is 76.9 cm³/mol. The Morgan fingerprint density at radius 2 is 2.00 bits per heavy atom. The van der Waals surface area contributed by atoms with Crippen LogP contribution in [0.2, 0.25) is 0 Å². The second-order valence-electron chi connectivity index (χ2n) is 3.99. The van der Waals surface area contributed by atoms with Crippen LogP contribution in [-0.2, 0) is 5.75 Å². The summed E-state index contributed by atoms with van der Waals surface area (Å²) in [7, 11) is 0. The molecule has 1 heterocycles. The van der Waals surface area contributed by atoms with Gasteiger partial charge in [-0.05, 0) is 12.7 Å². The van der Waals surface area contributed by atoms with E-state index in [1.807, 2.05) is 37.3 Å². The van der Waals surface area contributed by atoms with Crippen molar-refractivity contribution in [2.75, 3.05) is 5.75 Å². The molecule has 0 unspecified atom stereocenters. The highest BCUT2D eigenvalue weighted by Gasteiger charge is 2.09. The predicted octanol–water partition coefficient (Wildman–Crippen LogP) is 3.00. The van der Waals surface area contributed by atoms with Gasteiger partial charge >= 0.3 is 0 Å². The van der Waals surface area contributed by atoms with E-state index in [1.165, 1.54) is 0 Å². The lowest BCUT2D eigenvalue weighted by molar-refractivity contribution is 0.985. The standard InChI is InChI=1S/C14H16N2OS/c1-3-18-9-12-15-13(10(2)14(17)16-12)11-7-5-4-6-8-11/h4-8H,3,9H2,1-2H3,(H,15,16,17). The number of nitrogens with one attached hydrogen (secondary N) is 1. The molecule has 0 fully saturated rings. The number of aromatic amines is 1. The first-order valence-electron chi connectivity index (χ1n) is 5.95. The van der Waals surface area contributed by atoms with E-state index in [2.05, 4.69) is 16.9 Å². The molecule has 0 saturated carbocycles. The molecule has 4 heteroatoms. The highest BCUT2D eigenvalue weighted by molar-refractivity contribution is 7.98. The van der Waals surface area contributed by atoms with E-state index in [9.17, 15) is 4.79 Å². The Hall–Kier alpha value is -1.55. The first-order chi connectivity index (χ1) is 8.72. The van der Waals surface area contributed by atoms with Gasteiger partial charge in [-0.3, -0.25) is 4.79 Å². The van der Waals surface area contributed by atoms with Crippen molar-refractivity contribution in [2.45, 2.75) is 19.6 Å². The van der Waals surface area contributed by atoms with E-state index in [0.717, 1.165) is 28.6 Å². The second kappa shape index (κ2) is 5.87. The highest BCUT2D eigenvalue weighted by Crippen LogP contribution is 2.19. The van der Waals surface area contributed by atoms with Crippen molar-refractivity contribution in [2.24, 2.45) is 0 Å². The fourth-order valence-corrected chi connectivity index (χ4v) is 2.26. The van der Waals surface area contributed by atoms with Crippen molar-refractivity contribution in [3.8, 4) is 11.3 Å². The molecule has 0 aliphatic rings. The van der Waals surface area contributed by atoms with E-state index < -0.39 is 0 Å². The van der Waals surface area contributed by atoms with Crippen LogP contribution in [0, 0.1) is 6.92 Å². The molecule has 1 N–H and O–H groups in total. The number of nitrogens with zero attached hydrogens (tertiary/aromatic N) is 1. The van der Waals surface area contributed by atoms with E-state index >= 15 is 0 Å². The van der Waals surface area contributed by atoms with Crippen molar-refractivity contribution in [1.29, 1.82) is 0 Å². The van der Waals surface area contributed by atoms with E-state index in [-0.39, 0.29) is 5.56 Å². The van der Waals surface area contributed by atoms with Gasteiger partial charge in [-0.1, -0.05) is 37.3 Å². The van der Waals surface area contributed by atoms with Gasteiger partial charge in [0.15, 0.2) is 0 Å². The molecule has 0 atom stereocenters. The summed E-state index contributed by atoms with van der Waals surface area (Å²) in [5.41, 5.74) is 2.40. The first kappa shape index (κ1) is 12.9. The summed E-state index contributed by atoms with van der Waals surface area (Å²) in [6.45, 7) is 3.90. The summed E-state index contributed by atoms with van der Waals surface area (Å²) < 4.78 is 0. The van der Waals surface area contributed by atoms with Gasteiger partial charge in [0.05, 0.1) is 11.4 Å². The third-order valence-corrected chi connectivity index (χ3v) is 3.58. The molecule has 0 radical (unpaired) electrons. The highest BCUT2D eigenvalue weighted by atomic mass is 32.2. The Labute approximate surface area is 111 Å². The number of H-pyrrole nitrogens is 1. The number of hydrogen-bond donors (Lipinski definition) is 1. The van der Waals surface area contributed by atoms with Gasteiger partial charge in [-0.15, -0.1) is 0 Å². The normalized spacial score (nSPS) is 10.6. The van der Waals surface area contributed by atoms with Crippen LogP contribution in [0.4, 0.5) is 0 Å². The molecular weight excluding hydrogens is 244 g/mol. The van der Waals surface area contributed by atoms with E-state index in [0.29, 0.717) is 5.56 Å². The maximum atomic E-state index is 11.9. The van der Waals surface area contributed by atoms with Crippen molar-refractivity contribution >= 4 is 11.8 Å². The van der Waals surface area contributed by atoms with Crippen molar-refractivity contribution < 1.29 is 0 Å². The second-order valence-corrected chi connectivity index (χ2v) is 5.26. The molecule has 1 aromatic heterocycles. The van der Waals surface area contributed by atoms with Crippen LogP contribution in [0.5, 0.6) is 0 Å². The van der Waals surface area contributed by atoms with Gasteiger partial charge in [0.25, 0.3) is 5.56 Å². The maximum Gasteiger partial charge on any atom is 0.254 e. The first-order valence-corrected chi connectivity index (χ1v) is 7.10. The monoisotopic (exact) mass is 260 g/mol. The molecule has 0 spiro atoms. The molecule has 2 aromatic rings. The minimum atomic E-state index is -0.0458. The molecule has 0 saturated heterocycles. The molecule has 0 aliphatic heterocycles. The summed E-state index contributed by atoms with van der Waals surface area (Å²) >= 11 is 1.75. The Bertz CT molecular complexity index is 578. The lowest BCUT2D eigenvalue weighted by Gasteiger charge is -2.07. The third-order valence-electron chi connectivity index (χ3n) is 2.69. The summed E-state index contributed by atoms with van der Waals surface area (Å²) in [6.07, 6.45) is 0. The Balaban J connectivity index is 2.46. The number of benzene rings is 1. The van der Waals surface area contributed by atoms with Crippen molar-refractivity contribution in [1.82, 2.24) is 9.97 Å². The summed E-state index contributed by atoms with van der Waals surface area (Å²) in [5.74, 6) is 2.50. The largest absolute Gasteiger partial charge is 0.310 e. The maximum absolute atomic E-state index is 11.9. The average Bonchev–Trinajstić information content (AvgIpc) is 2.41. The number of thioether (sulfide) groups is 1. The van der Waals surface area contributed by atoms with Crippen LogP contribution < -0.4 is 5.56 Å². The SMILES string of the molecule is CCSCc1nc(-c2ccccc2)c(C)c(=O)[nH]1. The topological polar surface area (TPSA) is 45.8 Å². The Kier molecular flexibility index (Phi) is 4.20. The zero-order chi connectivity index (χ0) is 13.0. The van der Waals surface area contributed by atoms with Gasteiger partial charge in [0.1, 0.15) is 5.82 Å². The minimum Gasteiger partial charge on any atom is -0.310 e. The molecule has 0 aliphatic carbocycles. The molecule has 0 bridgehead atoms. The number of hydrogen-bond acceptors (Lipinski definition) is 3. The van der Waals surface area contributed by atoms with Gasteiger partial charge in [-0.2, -0.15) is 11.8 Å². The smallest absolute Gasteiger partial charge is 0.254 e. The molecule has 1 aromatic carbocycles. The Morgan fingerprint density at radius 1 is 1.28 bits per heavy atom. The molecule has 3 nitrogen and oxygen atoms in total. The van der Waals surface area contributed by atoms with Crippen LogP contribution in [0.3, 0.4) is 0 Å². The van der Waals surface area contributed by atoms with Crippen molar-refractivity contribution in [3.63, 3.8) is 0 Å². The molecule has 18 heavy (non-hydrogen) atoms. The molecular formula is C14H16N2OS. The quantitative estimate of drug-likeness (QED) is 0.919. The summed E-state index contributed by atoms with van der Waals surface area (Å²) in [5, 5.41) is 0. The summed E-state index contributed by atoms with van der Waals surface area (Å²) in [6, 6.07) is 9.83. The molecule has 0 amide bonds. The summed E-state index contributed by atoms with van der Waals surface area (Å²) in [4.78, 5) is 19.3. The van der Waals surface area contributed by atoms with Crippen LogP contribution in [0.25, 0.3) is 11.3 Å². The average molecular weight is 260 g/mol. The Morgan fingerprint density at radius 3 is 2.67 bits per heavy atom. The van der Waals surface area contributed by atoms with Crippen LogP contribution >= 0.6 is 11.8 Å². The fraction of sp³-hybridized carbons (Fsp3) is 0.286. The van der Waals surface area contributed by atoms with Crippen LogP contribution in [-0.4, -0.2) is 15.7 Å². The van der Waals surface area contributed by atoms with Crippen LogP contribution in [0.15, 0.2) is 35.1 Å². The van der Waals surface area contributed by atoms with E-state index in [1.54, 1.807) is 11.8 Å². The van der Waals surface area contributed by atoms with Gasteiger partial charge in [0, 0.05) is 11.1 Å². The fourth-order valence-electron chi connectivity index (χ4n) is 1.72. The van der Waals surface area contributed by atoms with E-state index in [4.69, 9.17) is 0 Å². The van der Waals surface area contributed by atoms with Gasteiger partial charge in [-0.25, -0.2) is 4.98 Å². The molecule has 94 valence electrons. The minimum absolute atomic E-state index is 0.0458. The number of rotatable bonds is 4.